The van der Waals surface area contributed by atoms with Gasteiger partial charge in [0.15, 0.2) is 0 Å². The van der Waals surface area contributed by atoms with Crippen LogP contribution in [0.4, 0.5) is 0 Å². The molecule has 1 aromatic rings. The van der Waals surface area contributed by atoms with E-state index in [-0.39, 0.29) is 0 Å². The molecule has 1 saturated heterocycles. The molecular weight excluding hydrogens is 218 g/mol. The lowest BCUT2D eigenvalue weighted by Crippen LogP contribution is -2.46. The van der Waals surface area contributed by atoms with Gasteiger partial charge in [-0.3, -0.25) is 14.7 Å². The molecule has 0 aliphatic carbocycles. The van der Waals surface area contributed by atoms with Gasteiger partial charge >= 0.3 is 0 Å². The second-order valence-electron chi connectivity index (χ2n) is 4.21. The molecule has 1 N–H and O–H groups in total. The van der Waals surface area contributed by atoms with Crippen LogP contribution in [-0.4, -0.2) is 59.0 Å². The van der Waals surface area contributed by atoms with Crippen molar-refractivity contribution in [2.75, 3.05) is 32.7 Å². The van der Waals surface area contributed by atoms with Crippen LogP contribution < -0.4 is 0 Å². The van der Waals surface area contributed by atoms with Gasteiger partial charge in [-0.25, -0.2) is 0 Å². The Balaban J connectivity index is 1.84. The topological polar surface area (TPSA) is 56.7 Å². The predicted octanol–water partition coefficient (Wildman–Crippen LogP) is -0.111. The number of hydrogen-bond acceptors (Lipinski definition) is 4. The number of aliphatic hydroxyl groups is 1. The maximum absolute atomic E-state index is 10.6. The maximum atomic E-state index is 10.6. The zero-order valence-corrected chi connectivity index (χ0v) is 9.70. The van der Waals surface area contributed by atoms with Gasteiger partial charge in [-0.15, -0.1) is 0 Å². The lowest BCUT2D eigenvalue weighted by molar-refractivity contribution is -0.119. The number of amides is 1. The fourth-order valence-corrected chi connectivity index (χ4v) is 1.96. The minimum absolute atomic E-state index is 0.556. The molecule has 0 saturated carbocycles. The minimum atomic E-state index is -0.556. The fourth-order valence-electron chi connectivity index (χ4n) is 1.96. The third-order valence-electron chi connectivity index (χ3n) is 3.02. The normalized spacial score (nSPS) is 19.0. The molecule has 5 heteroatoms. The molecule has 17 heavy (non-hydrogen) atoms. The first-order valence-corrected chi connectivity index (χ1v) is 5.80. The lowest BCUT2D eigenvalue weighted by atomic mass is 10.2. The van der Waals surface area contributed by atoms with Gasteiger partial charge in [0.25, 0.3) is 0 Å². The third kappa shape index (κ3) is 3.25. The SMILES string of the molecule is O=CN1CCN(CC(O)c2ccccn2)CC1. The summed E-state index contributed by atoms with van der Waals surface area (Å²) in [6.45, 7) is 3.66. The maximum Gasteiger partial charge on any atom is 0.209 e. The van der Waals surface area contributed by atoms with E-state index in [1.165, 1.54) is 0 Å². The number of aromatic nitrogens is 1. The van der Waals surface area contributed by atoms with E-state index in [0.29, 0.717) is 12.2 Å². The van der Waals surface area contributed by atoms with Crippen LogP contribution in [0.5, 0.6) is 0 Å². The molecule has 0 aromatic carbocycles. The summed E-state index contributed by atoms with van der Waals surface area (Å²) >= 11 is 0. The van der Waals surface area contributed by atoms with Gasteiger partial charge in [0.2, 0.25) is 6.41 Å². The Labute approximate surface area is 101 Å². The van der Waals surface area contributed by atoms with E-state index < -0.39 is 6.10 Å². The lowest BCUT2D eigenvalue weighted by Gasteiger charge is -2.33. The fraction of sp³-hybridized carbons (Fsp3) is 0.500. The Morgan fingerprint density at radius 2 is 2.12 bits per heavy atom. The van der Waals surface area contributed by atoms with Crippen LogP contribution in [0.25, 0.3) is 0 Å². The van der Waals surface area contributed by atoms with Crippen molar-refractivity contribution in [1.82, 2.24) is 14.8 Å². The summed E-state index contributed by atoms with van der Waals surface area (Å²) in [6.07, 6.45) is 2.01. The number of aliphatic hydroxyl groups excluding tert-OH is 1. The molecule has 2 rings (SSSR count). The zero-order valence-electron chi connectivity index (χ0n) is 9.70. The van der Waals surface area contributed by atoms with E-state index in [1.807, 2.05) is 18.2 Å². The Morgan fingerprint density at radius 3 is 2.71 bits per heavy atom. The summed E-state index contributed by atoms with van der Waals surface area (Å²) in [4.78, 5) is 18.6. The number of carbonyl (C=O) groups is 1. The molecule has 1 amide bonds. The largest absolute Gasteiger partial charge is 0.385 e. The highest BCUT2D eigenvalue weighted by Gasteiger charge is 2.19. The molecule has 1 atom stereocenters. The summed E-state index contributed by atoms with van der Waals surface area (Å²) in [5, 5.41) is 10.0. The van der Waals surface area contributed by atoms with Crippen molar-refractivity contribution in [3.8, 4) is 0 Å². The average molecular weight is 235 g/mol. The van der Waals surface area contributed by atoms with Crippen molar-refractivity contribution < 1.29 is 9.90 Å². The Hall–Kier alpha value is -1.46. The molecule has 0 spiro atoms. The molecule has 1 fully saturated rings. The molecule has 1 aliphatic heterocycles. The van der Waals surface area contributed by atoms with Crippen LogP contribution in [0, 0.1) is 0 Å². The highest BCUT2D eigenvalue weighted by atomic mass is 16.3. The van der Waals surface area contributed by atoms with Crippen LogP contribution in [-0.2, 0) is 4.79 Å². The second-order valence-corrected chi connectivity index (χ2v) is 4.21. The number of piperazine rings is 1. The van der Waals surface area contributed by atoms with Crippen molar-refractivity contribution in [3.63, 3.8) is 0 Å². The average Bonchev–Trinajstić information content (AvgIpc) is 2.40. The van der Waals surface area contributed by atoms with E-state index in [1.54, 1.807) is 11.1 Å². The van der Waals surface area contributed by atoms with E-state index in [4.69, 9.17) is 0 Å². The first-order chi connectivity index (χ1) is 8.29. The van der Waals surface area contributed by atoms with Crippen LogP contribution >= 0.6 is 0 Å². The number of hydrogen-bond donors (Lipinski definition) is 1. The smallest absolute Gasteiger partial charge is 0.209 e. The highest BCUT2D eigenvalue weighted by Crippen LogP contribution is 2.12. The van der Waals surface area contributed by atoms with Crippen molar-refractivity contribution in [2.45, 2.75) is 6.10 Å². The molecular formula is C12H17N3O2. The molecule has 1 aromatic heterocycles. The van der Waals surface area contributed by atoms with Crippen molar-refractivity contribution in [1.29, 1.82) is 0 Å². The number of nitrogens with zero attached hydrogens (tertiary/aromatic N) is 3. The quantitative estimate of drug-likeness (QED) is 0.740. The standard InChI is InChI=1S/C12H17N3O2/c16-10-15-7-5-14(6-8-15)9-12(17)11-3-1-2-4-13-11/h1-4,10,12,17H,5-9H2. The number of pyridine rings is 1. The molecule has 0 radical (unpaired) electrons. The van der Waals surface area contributed by atoms with E-state index >= 15 is 0 Å². The molecule has 92 valence electrons. The molecule has 1 aliphatic rings. The predicted molar refractivity (Wildman–Crippen MR) is 63.3 cm³/mol. The van der Waals surface area contributed by atoms with Gasteiger partial charge < -0.3 is 10.0 Å². The number of β-amino-alcohol motifs (C(OH)–C–C–N with tert-alkyl or cyclic N) is 1. The third-order valence-corrected chi connectivity index (χ3v) is 3.02. The zero-order chi connectivity index (χ0) is 12.1. The van der Waals surface area contributed by atoms with E-state index in [0.717, 1.165) is 32.6 Å². The number of rotatable bonds is 4. The van der Waals surface area contributed by atoms with Crippen LogP contribution in [0.1, 0.15) is 11.8 Å². The first-order valence-electron chi connectivity index (χ1n) is 5.80. The number of carbonyl (C=O) groups excluding carboxylic acids is 1. The van der Waals surface area contributed by atoms with Crippen molar-refractivity contribution in [2.24, 2.45) is 0 Å². The van der Waals surface area contributed by atoms with Crippen molar-refractivity contribution >= 4 is 6.41 Å². The molecule has 0 bridgehead atoms. The summed E-state index contributed by atoms with van der Waals surface area (Å²) in [6, 6.07) is 5.53. The molecule has 5 nitrogen and oxygen atoms in total. The van der Waals surface area contributed by atoms with Gasteiger partial charge in [-0.2, -0.15) is 0 Å². The summed E-state index contributed by atoms with van der Waals surface area (Å²) in [5.41, 5.74) is 0.699. The minimum Gasteiger partial charge on any atom is -0.385 e. The summed E-state index contributed by atoms with van der Waals surface area (Å²) < 4.78 is 0. The van der Waals surface area contributed by atoms with Gasteiger partial charge in [-0.05, 0) is 12.1 Å². The Kier molecular flexibility index (Phi) is 4.06. The molecule has 2 heterocycles. The monoisotopic (exact) mass is 235 g/mol. The van der Waals surface area contributed by atoms with Crippen LogP contribution in [0.3, 0.4) is 0 Å². The van der Waals surface area contributed by atoms with Crippen molar-refractivity contribution in [3.05, 3.63) is 30.1 Å². The Morgan fingerprint density at radius 1 is 1.35 bits per heavy atom. The van der Waals surface area contributed by atoms with Gasteiger partial charge in [0.1, 0.15) is 6.10 Å². The van der Waals surface area contributed by atoms with Gasteiger partial charge in [0.05, 0.1) is 5.69 Å². The molecule has 1 unspecified atom stereocenters. The first kappa shape index (κ1) is 12.0. The second kappa shape index (κ2) is 5.75. The van der Waals surface area contributed by atoms with E-state index in [2.05, 4.69) is 9.88 Å². The van der Waals surface area contributed by atoms with Gasteiger partial charge in [0, 0.05) is 38.9 Å². The summed E-state index contributed by atoms with van der Waals surface area (Å²) in [5.74, 6) is 0. The highest BCUT2D eigenvalue weighted by molar-refractivity contribution is 5.47. The van der Waals surface area contributed by atoms with Gasteiger partial charge in [-0.1, -0.05) is 6.07 Å². The Bertz CT molecular complexity index is 350. The van der Waals surface area contributed by atoms with E-state index in [9.17, 15) is 9.90 Å². The van der Waals surface area contributed by atoms with Crippen LogP contribution in [0.2, 0.25) is 0 Å². The van der Waals surface area contributed by atoms with Crippen LogP contribution in [0.15, 0.2) is 24.4 Å². The summed E-state index contributed by atoms with van der Waals surface area (Å²) in [7, 11) is 0.